The summed E-state index contributed by atoms with van der Waals surface area (Å²) in [6.45, 7) is 6.28. The molecule has 0 aliphatic carbocycles. The number of thioether (sulfide) groups is 1. The summed E-state index contributed by atoms with van der Waals surface area (Å²) in [4.78, 5) is 43.3. The normalized spacial score (nSPS) is 15.1. The summed E-state index contributed by atoms with van der Waals surface area (Å²) in [6, 6.07) is 1.85. The molecule has 1 aliphatic rings. The van der Waals surface area contributed by atoms with Crippen LogP contribution in [0.15, 0.2) is 27.0 Å². The number of hydrogen-bond acceptors (Lipinski definition) is 9. The first-order chi connectivity index (χ1) is 15.4. The number of aromatic nitrogens is 6. The van der Waals surface area contributed by atoms with E-state index in [2.05, 4.69) is 19.8 Å². The molecule has 0 saturated carbocycles. The highest BCUT2D eigenvalue weighted by atomic mass is 32.2. The molecule has 1 N–H and O–H groups in total. The van der Waals surface area contributed by atoms with Crippen LogP contribution in [0.2, 0.25) is 0 Å². The van der Waals surface area contributed by atoms with Gasteiger partial charge >= 0.3 is 5.69 Å². The number of hydrogen-bond donors (Lipinski definition) is 1. The van der Waals surface area contributed by atoms with Gasteiger partial charge in [0.2, 0.25) is 5.95 Å². The van der Waals surface area contributed by atoms with Gasteiger partial charge in [0.25, 0.3) is 5.56 Å². The first-order valence-corrected chi connectivity index (χ1v) is 11.6. The van der Waals surface area contributed by atoms with Gasteiger partial charge in [-0.2, -0.15) is 4.98 Å². The lowest BCUT2D eigenvalue weighted by Gasteiger charge is -2.35. The van der Waals surface area contributed by atoms with Crippen molar-refractivity contribution in [2.24, 2.45) is 14.1 Å². The Balaban J connectivity index is 1.69. The van der Waals surface area contributed by atoms with Crippen molar-refractivity contribution in [3.8, 4) is 0 Å². The Hall–Kier alpha value is -2.70. The zero-order valence-electron chi connectivity index (χ0n) is 18.6. The Morgan fingerprint density at radius 3 is 2.50 bits per heavy atom. The molecule has 0 radical (unpaired) electrons. The molecule has 4 rings (SSSR count). The number of β-amino-alcohol motifs (C(OH)–C–C–N with tert-alkyl or cyclic N) is 1. The lowest BCUT2D eigenvalue weighted by molar-refractivity contribution is 0.188. The zero-order valence-corrected chi connectivity index (χ0v) is 19.4. The fraction of sp³-hybridized carbons (Fsp3) is 0.550. The number of aliphatic hydroxyl groups excluding tert-OH is 1. The molecule has 0 aromatic carbocycles. The molecule has 11 nitrogen and oxygen atoms in total. The van der Waals surface area contributed by atoms with Gasteiger partial charge in [0, 0.05) is 71.0 Å². The van der Waals surface area contributed by atoms with Crippen molar-refractivity contribution >= 4 is 28.9 Å². The van der Waals surface area contributed by atoms with Crippen LogP contribution in [0, 0.1) is 6.92 Å². The van der Waals surface area contributed by atoms with E-state index in [0.29, 0.717) is 41.1 Å². The van der Waals surface area contributed by atoms with Gasteiger partial charge in [-0.05, 0) is 13.0 Å². The smallest absolute Gasteiger partial charge is 0.332 e. The van der Waals surface area contributed by atoms with Crippen molar-refractivity contribution in [3.05, 3.63) is 38.8 Å². The molecule has 1 fully saturated rings. The number of piperazine rings is 1. The monoisotopic (exact) mass is 460 g/mol. The minimum atomic E-state index is -0.394. The fourth-order valence-corrected chi connectivity index (χ4v) is 4.73. The van der Waals surface area contributed by atoms with E-state index in [4.69, 9.17) is 4.98 Å². The standard InChI is InChI=1S/C20H28N8O3S/c1-14-4-5-21-18(22-14)32-13-11-28-15-16(24(2)20(31)25(3)17(15)30)23-19(28)27-8-6-26(7-9-27)10-12-29/h4-5,29H,6-13H2,1-3H3. The Morgan fingerprint density at radius 1 is 1.06 bits per heavy atom. The highest BCUT2D eigenvalue weighted by molar-refractivity contribution is 7.99. The van der Waals surface area contributed by atoms with Crippen LogP contribution in [0.25, 0.3) is 11.2 Å². The number of aliphatic hydroxyl groups is 1. The summed E-state index contributed by atoms with van der Waals surface area (Å²) in [5.74, 6) is 1.34. The van der Waals surface area contributed by atoms with Gasteiger partial charge in [-0.3, -0.25) is 18.8 Å². The summed E-state index contributed by atoms with van der Waals surface area (Å²) in [5, 5.41) is 9.90. The fourth-order valence-electron chi connectivity index (χ4n) is 3.92. The Morgan fingerprint density at radius 2 is 1.81 bits per heavy atom. The van der Waals surface area contributed by atoms with Crippen LogP contribution in [-0.4, -0.2) is 83.7 Å². The minimum absolute atomic E-state index is 0.134. The first-order valence-electron chi connectivity index (χ1n) is 10.6. The average molecular weight is 461 g/mol. The van der Waals surface area contributed by atoms with Crippen molar-refractivity contribution in [2.75, 3.05) is 50.0 Å². The molecule has 172 valence electrons. The molecule has 1 saturated heterocycles. The van der Waals surface area contributed by atoms with E-state index >= 15 is 0 Å². The Labute approximate surface area is 189 Å². The Bertz CT molecular complexity index is 1230. The van der Waals surface area contributed by atoms with Crippen LogP contribution in [-0.2, 0) is 20.6 Å². The van der Waals surface area contributed by atoms with Crippen molar-refractivity contribution < 1.29 is 5.11 Å². The van der Waals surface area contributed by atoms with E-state index in [0.717, 1.165) is 36.4 Å². The predicted octanol–water partition coefficient (Wildman–Crippen LogP) is -0.561. The maximum atomic E-state index is 13.0. The second kappa shape index (κ2) is 9.43. The third-order valence-electron chi connectivity index (χ3n) is 5.72. The maximum absolute atomic E-state index is 13.0. The molecule has 0 spiro atoms. The second-order valence-electron chi connectivity index (χ2n) is 7.82. The van der Waals surface area contributed by atoms with Gasteiger partial charge in [-0.15, -0.1) is 0 Å². The second-order valence-corrected chi connectivity index (χ2v) is 8.88. The molecule has 1 aliphatic heterocycles. The molecule has 12 heteroatoms. The quantitative estimate of drug-likeness (QED) is 0.366. The molecule has 3 aromatic rings. The minimum Gasteiger partial charge on any atom is -0.395 e. The zero-order chi connectivity index (χ0) is 22.8. The molecule has 0 amide bonds. The van der Waals surface area contributed by atoms with Crippen LogP contribution < -0.4 is 16.1 Å². The molecule has 3 aromatic heterocycles. The largest absolute Gasteiger partial charge is 0.395 e. The van der Waals surface area contributed by atoms with Crippen molar-refractivity contribution in [3.63, 3.8) is 0 Å². The molecular weight excluding hydrogens is 432 g/mol. The van der Waals surface area contributed by atoms with E-state index in [1.165, 1.54) is 23.4 Å². The van der Waals surface area contributed by atoms with Gasteiger partial charge < -0.3 is 14.6 Å². The third-order valence-corrected chi connectivity index (χ3v) is 6.56. The van der Waals surface area contributed by atoms with Crippen LogP contribution >= 0.6 is 11.8 Å². The topological polar surface area (TPSA) is 114 Å². The predicted molar refractivity (Wildman–Crippen MR) is 123 cm³/mol. The molecular formula is C20H28N8O3S. The van der Waals surface area contributed by atoms with Crippen molar-refractivity contribution in [1.29, 1.82) is 0 Å². The van der Waals surface area contributed by atoms with E-state index in [-0.39, 0.29) is 12.2 Å². The van der Waals surface area contributed by atoms with Crippen molar-refractivity contribution in [2.45, 2.75) is 18.6 Å². The molecule has 32 heavy (non-hydrogen) atoms. The van der Waals surface area contributed by atoms with Crippen LogP contribution in [0.4, 0.5) is 5.95 Å². The summed E-state index contributed by atoms with van der Waals surface area (Å²) in [7, 11) is 3.13. The van der Waals surface area contributed by atoms with E-state index in [1.54, 1.807) is 13.2 Å². The van der Waals surface area contributed by atoms with Gasteiger partial charge in [-0.25, -0.2) is 14.8 Å². The number of rotatable bonds is 7. The Kier molecular flexibility index (Phi) is 6.63. The summed E-state index contributed by atoms with van der Waals surface area (Å²) in [6.07, 6.45) is 1.74. The van der Waals surface area contributed by atoms with E-state index < -0.39 is 5.69 Å². The van der Waals surface area contributed by atoms with Gasteiger partial charge in [0.1, 0.15) is 0 Å². The lowest BCUT2D eigenvalue weighted by atomic mass is 10.3. The SMILES string of the molecule is Cc1ccnc(SCCn2c(N3CCN(CCO)CC3)nc3c2c(=O)n(C)c(=O)n3C)n1. The van der Waals surface area contributed by atoms with E-state index in [1.807, 2.05) is 17.6 Å². The number of aryl methyl sites for hydroxylation is 3. The number of imidazole rings is 1. The van der Waals surface area contributed by atoms with E-state index in [9.17, 15) is 14.7 Å². The molecule has 0 bridgehead atoms. The summed E-state index contributed by atoms with van der Waals surface area (Å²) >= 11 is 1.52. The van der Waals surface area contributed by atoms with Crippen LogP contribution in [0.3, 0.4) is 0 Å². The number of anilines is 1. The van der Waals surface area contributed by atoms with Gasteiger partial charge in [0.15, 0.2) is 16.3 Å². The number of nitrogens with zero attached hydrogens (tertiary/aromatic N) is 8. The van der Waals surface area contributed by atoms with Gasteiger partial charge in [-0.1, -0.05) is 11.8 Å². The first kappa shape index (κ1) is 22.5. The summed E-state index contributed by atoms with van der Waals surface area (Å²) < 4.78 is 4.47. The van der Waals surface area contributed by atoms with Gasteiger partial charge in [0.05, 0.1) is 6.61 Å². The third kappa shape index (κ3) is 4.30. The number of fused-ring (bicyclic) bond motifs is 1. The van der Waals surface area contributed by atoms with Crippen LogP contribution in [0.1, 0.15) is 5.69 Å². The lowest BCUT2D eigenvalue weighted by Crippen LogP contribution is -2.48. The molecule has 0 atom stereocenters. The molecule has 4 heterocycles. The van der Waals surface area contributed by atoms with Crippen LogP contribution in [0.5, 0.6) is 0 Å². The highest BCUT2D eigenvalue weighted by Gasteiger charge is 2.25. The highest BCUT2D eigenvalue weighted by Crippen LogP contribution is 2.23. The maximum Gasteiger partial charge on any atom is 0.332 e. The average Bonchev–Trinajstić information content (AvgIpc) is 3.17. The van der Waals surface area contributed by atoms with Crippen molar-refractivity contribution in [1.82, 2.24) is 33.6 Å². The molecule has 0 unspecified atom stereocenters. The summed E-state index contributed by atoms with van der Waals surface area (Å²) in [5.41, 5.74) is 0.975.